The Morgan fingerprint density at radius 2 is 2.04 bits per heavy atom. The van der Waals surface area contributed by atoms with Crippen molar-refractivity contribution in [3.05, 3.63) is 58.3 Å². The molecule has 6 heteroatoms. The van der Waals surface area contributed by atoms with Gasteiger partial charge < -0.3 is 19.9 Å². The van der Waals surface area contributed by atoms with Crippen LogP contribution in [0, 0.1) is 0 Å². The van der Waals surface area contributed by atoms with Gasteiger partial charge in [-0.15, -0.1) is 0 Å². The number of nitrogens with one attached hydrogen (secondary N) is 1. The van der Waals surface area contributed by atoms with E-state index >= 15 is 0 Å². The second kappa shape index (κ2) is 9.28. The number of ether oxygens (including phenoxy) is 2. The van der Waals surface area contributed by atoms with E-state index in [0.717, 1.165) is 11.1 Å². The molecule has 1 aliphatic rings. The van der Waals surface area contributed by atoms with E-state index in [1.807, 2.05) is 47.2 Å². The fraction of sp³-hybridized carbons (Fsp3) is 0.450. The van der Waals surface area contributed by atoms with Crippen LogP contribution in [0.15, 0.2) is 47.2 Å². The summed E-state index contributed by atoms with van der Waals surface area (Å²) in [5.41, 5.74) is 1.49. The fourth-order valence-electron chi connectivity index (χ4n) is 3.40. The molecular formula is C20H25NO4S. The maximum Gasteiger partial charge on any atom is 0.230 e. The molecule has 1 aromatic carbocycles. The van der Waals surface area contributed by atoms with Gasteiger partial charge in [0.05, 0.1) is 18.6 Å². The predicted molar refractivity (Wildman–Crippen MR) is 101 cm³/mol. The summed E-state index contributed by atoms with van der Waals surface area (Å²) < 4.78 is 11.2. The first-order valence-corrected chi connectivity index (χ1v) is 9.87. The first kappa shape index (κ1) is 19.0. The van der Waals surface area contributed by atoms with Crippen LogP contribution in [0.25, 0.3) is 0 Å². The molecule has 1 saturated heterocycles. The number of amides is 1. The minimum absolute atomic E-state index is 0.0137. The zero-order chi connectivity index (χ0) is 18.2. The number of carbonyl (C=O) groups is 1. The summed E-state index contributed by atoms with van der Waals surface area (Å²) in [4.78, 5) is 13.2. The van der Waals surface area contributed by atoms with Crippen molar-refractivity contribution in [3.63, 3.8) is 0 Å². The fourth-order valence-corrected chi connectivity index (χ4v) is 4.11. The summed E-state index contributed by atoms with van der Waals surface area (Å²) in [5.74, 6) is 0.0137. The zero-order valence-electron chi connectivity index (χ0n) is 14.7. The summed E-state index contributed by atoms with van der Waals surface area (Å²) in [5, 5.41) is 16.1. The first-order valence-electron chi connectivity index (χ1n) is 8.92. The highest BCUT2D eigenvalue weighted by Gasteiger charge is 2.41. The summed E-state index contributed by atoms with van der Waals surface area (Å²) >= 11 is 1.59. The van der Waals surface area contributed by atoms with Crippen molar-refractivity contribution in [1.29, 1.82) is 0 Å². The lowest BCUT2D eigenvalue weighted by atomic mass is 9.73. The number of hydrogen-bond donors (Lipinski definition) is 2. The molecule has 3 rings (SSSR count). The molecule has 0 radical (unpaired) electrons. The minimum atomic E-state index is -0.560. The maximum absolute atomic E-state index is 13.2. The van der Waals surface area contributed by atoms with Crippen molar-refractivity contribution >= 4 is 17.2 Å². The Balaban J connectivity index is 1.73. The van der Waals surface area contributed by atoms with E-state index in [2.05, 4.69) is 5.32 Å². The monoisotopic (exact) mass is 375 g/mol. The van der Waals surface area contributed by atoms with Crippen LogP contribution in [0.1, 0.15) is 30.1 Å². The van der Waals surface area contributed by atoms with E-state index in [0.29, 0.717) is 32.6 Å². The standard InChI is InChI=1S/C20H25NO4S/c22-9-12-25-18(16-6-13-26-15-16)14-21-19(23)20(7-10-24-11-8-20)17-4-2-1-3-5-17/h1-6,13,15,18,22H,7-12,14H2,(H,21,23). The Bertz CT molecular complexity index is 668. The van der Waals surface area contributed by atoms with Gasteiger partial charge in [-0.05, 0) is 40.8 Å². The Morgan fingerprint density at radius 3 is 2.69 bits per heavy atom. The summed E-state index contributed by atoms with van der Waals surface area (Å²) in [6.45, 7) is 1.74. The molecule has 140 valence electrons. The molecule has 0 bridgehead atoms. The van der Waals surface area contributed by atoms with Gasteiger partial charge in [0.25, 0.3) is 0 Å². The van der Waals surface area contributed by atoms with Gasteiger partial charge in [0.15, 0.2) is 0 Å². The van der Waals surface area contributed by atoms with Crippen LogP contribution in [-0.2, 0) is 19.7 Å². The molecule has 1 aromatic heterocycles. The van der Waals surface area contributed by atoms with E-state index < -0.39 is 5.41 Å². The minimum Gasteiger partial charge on any atom is -0.394 e. The highest BCUT2D eigenvalue weighted by atomic mass is 32.1. The Kier molecular flexibility index (Phi) is 6.80. The van der Waals surface area contributed by atoms with Crippen LogP contribution in [0.5, 0.6) is 0 Å². The van der Waals surface area contributed by atoms with Crippen LogP contribution >= 0.6 is 11.3 Å². The van der Waals surface area contributed by atoms with Crippen molar-refractivity contribution in [1.82, 2.24) is 5.32 Å². The third kappa shape index (κ3) is 4.32. The van der Waals surface area contributed by atoms with Gasteiger partial charge >= 0.3 is 0 Å². The molecule has 1 aliphatic heterocycles. The highest BCUT2D eigenvalue weighted by molar-refractivity contribution is 7.07. The topological polar surface area (TPSA) is 67.8 Å². The van der Waals surface area contributed by atoms with Crippen LogP contribution in [-0.4, -0.2) is 44.0 Å². The third-order valence-corrected chi connectivity index (χ3v) is 5.58. The van der Waals surface area contributed by atoms with Crippen LogP contribution in [0.3, 0.4) is 0 Å². The van der Waals surface area contributed by atoms with Gasteiger partial charge in [0.2, 0.25) is 5.91 Å². The molecule has 1 fully saturated rings. The van der Waals surface area contributed by atoms with Gasteiger partial charge in [0, 0.05) is 19.8 Å². The number of carbonyl (C=O) groups excluding carboxylic acids is 1. The predicted octanol–water partition coefficient (Wildman–Crippen LogP) is 2.66. The normalized spacial score (nSPS) is 17.6. The molecule has 2 N–H and O–H groups in total. The molecule has 0 saturated carbocycles. The Labute approximate surface area is 158 Å². The smallest absolute Gasteiger partial charge is 0.230 e. The molecule has 0 spiro atoms. The number of aliphatic hydroxyl groups is 1. The van der Waals surface area contributed by atoms with E-state index in [4.69, 9.17) is 14.6 Å². The molecule has 1 unspecified atom stereocenters. The largest absolute Gasteiger partial charge is 0.394 e. The van der Waals surface area contributed by atoms with Crippen LogP contribution in [0.2, 0.25) is 0 Å². The maximum atomic E-state index is 13.2. The number of aliphatic hydroxyl groups excluding tert-OH is 1. The SMILES string of the molecule is O=C(NCC(OCCO)c1ccsc1)C1(c2ccccc2)CCOCC1. The lowest BCUT2D eigenvalue weighted by Crippen LogP contribution is -2.49. The van der Waals surface area contributed by atoms with Gasteiger partial charge in [-0.2, -0.15) is 11.3 Å². The molecule has 2 aromatic rings. The second-order valence-electron chi connectivity index (χ2n) is 6.41. The molecule has 2 heterocycles. The zero-order valence-corrected chi connectivity index (χ0v) is 15.5. The molecule has 1 atom stereocenters. The van der Waals surface area contributed by atoms with Crippen LogP contribution in [0.4, 0.5) is 0 Å². The number of benzene rings is 1. The molecule has 26 heavy (non-hydrogen) atoms. The van der Waals surface area contributed by atoms with Crippen molar-refractivity contribution in [2.24, 2.45) is 0 Å². The summed E-state index contributed by atoms with van der Waals surface area (Å²) in [6, 6.07) is 11.9. The number of hydrogen-bond acceptors (Lipinski definition) is 5. The van der Waals surface area contributed by atoms with E-state index in [9.17, 15) is 4.79 Å². The number of thiophene rings is 1. The van der Waals surface area contributed by atoms with Gasteiger partial charge in [-0.3, -0.25) is 4.79 Å². The lowest BCUT2D eigenvalue weighted by Gasteiger charge is -2.36. The number of rotatable bonds is 8. The Morgan fingerprint density at radius 1 is 1.27 bits per heavy atom. The molecular weight excluding hydrogens is 350 g/mol. The second-order valence-corrected chi connectivity index (χ2v) is 7.19. The van der Waals surface area contributed by atoms with Gasteiger partial charge in [-0.25, -0.2) is 0 Å². The lowest BCUT2D eigenvalue weighted by molar-refractivity contribution is -0.131. The Hall–Kier alpha value is -1.73. The molecule has 1 amide bonds. The van der Waals surface area contributed by atoms with Crippen molar-refractivity contribution in [2.45, 2.75) is 24.4 Å². The quantitative estimate of drug-likeness (QED) is 0.744. The molecule has 0 aliphatic carbocycles. The first-order chi connectivity index (χ1) is 12.8. The highest BCUT2D eigenvalue weighted by Crippen LogP contribution is 2.35. The summed E-state index contributed by atoms with van der Waals surface area (Å²) in [6.07, 6.45) is 1.08. The van der Waals surface area contributed by atoms with E-state index in [1.165, 1.54) is 0 Å². The average molecular weight is 375 g/mol. The van der Waals surface area contributed by atoms with Crippen LogP contribution < -0.4 is 5.32 Å². The average Bonchev–Trinajstić information content (AvgIpc) is 3.23. The van der Waals surface area contributed by atoms with Crippen molar-refractivity contribution in [3.8, 4) is 0 Å². The third-order valence-electron chi connectivity index (χ3n) is 4.88. The van der Waals surface area contributed by atoms with E-state index in [1.54, 1.807) is 11.3 Å². The van der Waals surface area contributed by atoms with Crippen molar-refractivity contribution < 1.29 is 19.4 Å². The van der Waals surface area contributed by atoms with Gasteiger partial charge in [-0.1, -0.05) is 30.3 Å². The van der Waals surface area contributed by atoms with E-state index in [-0.39, 0.29) is 25.2 Å². The molecule has 5 nitrogen and oxygen atoms in total. The van der Waals surface area contributed by atoms with Gasteiger partial charge in [0.1, 0.15) is 6.10 Å². The van der Waals surface area contributed by atoms with Crippen molar-refractivity contribution in [2.75, 3.05) is 33.0 Å². The summed E-state index contributed by atoms with van der Waals surface area (Å²) in [7, 11) is 0.